The third-order valence-electron chi connectivity index (χ3n) is 4.06. The van der Waals surface area contributed by atoms with Crippen molar-refractivity contribution in [3.8, 4) is 5.75 Å². The van der Waals surface area contributed by atoms with Crippen LogP contribution < -0.4 is 15.6 Å². The maximum Gasteiger partial charge on any atom is 0.276 e. The molecule has 28 heavy (non-hydrogen) atoms. The number of fused-ring (bicyclic) bond motifs is 1. The van der Waals surface area contributed by atoms with E-state index in [-0.39, 0.29) is 6.61 Å². The molecule has 3 aromatic rings. The Morgan fingerprint density at radius 1 is 1.04 bits per heavy atom. The van der Waals surface area contributed by atoms with Crippen LogP contribution in [0.2, 0.25) is 0 Å². The van der Waals surface area contributed by atoms with Crippen molar-refractivity contribution in [2.24, 2.45) is 0 Å². The molecule has 6 heteroatoms. The van der Waals surface area contributed by atoms with Gasteiger partial charge >= 0.3 is 0 Å². The fraction of sp³-hybridized carbons (Fsp3) is 0.0909. The van der Waals surface area contributed by atoms with E-state index in [1.165, 1.54) is 6.08 Å². The second-order valence-corrected chi connectivity index (χ2v) is 7.05. The quantitative estimate of drug-likeness (QED) is 0.464. The molecule has 5 nitrogen and oxygen atoms in total. The van der Waals surface area contributed by atoms with E-state index in [1.807, 2.05) is 61.5 Å². The summed E-state index contributed by atoms with van der Waals surface area (Å²) < 4.78 is 6.40. The van der Waals surface area contributed by atoms with Crippen LogP contribution in [-0.4, -0.2) is 18.4 Å². The first kappa shape index (κ1) is 19.6. The summed E-state index contributed by atoms with van der Waals surface area (Å²) in [5, 5.41) is 2.15. The number of rotatable bonds is 5. The van der Waals surface area contributed by atoms with Crippen LogP contribution in [-0.2, 0) is 9.59 Å². The fourth-order valence-electron chi connectivity index (χ4n) is 2.69. The molecule has 2 N–H and O–H groups in total. The number of halogens is 1. The Labute approximate surface area is 171 Å². The number of amides is 2. The maximum atomic E-state index is 12.0. The molecule has 0 radical (unpaired) electrons. The van der Waals surface area contributed by atoms with Crippen LogP contribution in [0, 0.1) is 6.92 Å². The van der Waals surface area contributed by atoms with E-state index in [4.69, 9.17) is 4.74 Å². The lowest BCUT2D eigenvalue weighted by Crippen LogP contribution is -2.43. The standard InChI is InChI=1S/C22H19BrN2O3/c1-15-13-18(23)10-11-20(15)28-14-22(27)25-24-21(26)12-9-17-7-4-6-16-5-2-3-8-19(16)17/h2-13H,14H2,1H3,(H,24,26)(H,25,27)/b12-9+. The lowest BCUT2D eigenvalue weighted by molar-refractivity contribution is -0.128. The monoisotopic (exact) mass is 438 g/mol. The summed E-state index contributed by atoms with van der Waals surface area (Å²) in [4.78, 5) is 23.8. The van der Waals surface area contributed by atoms with Gasteiger partial charge in [-0.1, -0.05) is 58.4 Å². The Hall–Kier alpha value is -3.12. The lowest BCUT2D eigenvalue weighted by atomic mass is 10.0. The number of hydrogen-bond donors (Lipinski definition) is 2. The molecule has 0 bridgehead atoms. The highest BCUT2D eigenvalue weighted by atomic mass is 79.9. The predicted molar refractivity (Wildman–Crippen MR) is 114 cm³/mol. The summed E-state index contributed by atoms with van der Waals surface area (Å²) in [5.41, 5.74) is 6.51. The average Bonchev–Trinajstić information content (AvgIpc) is 2.70. The molecular weight excluding hydrogens is 420 g/mol. The number of aryl methyl sites for hydroxylation is 1. The molecule has 0 aliphatic rings. The van der Waals surface area contributed by atoms with Crippen molar-refractivity contribution in [2.75, 3.05) is 6.61 Å². The second kappa shape index (κ2) is 9.19. The van der Waals surface area contributed by atoms with Crippen molar-refractivity contribution in [2.45, 2.75) is 6.92 Å². The minimum Gasteiger partial charge on any atom is -0.483 e. The van der Waals surface area contributed by atoms with E-state index >= 15 is 0 Å². The van der Waals surface area contributed by atoms with Crippen molar-refractivity contribution in [3.63, 3.8) is 0 Å². The van der Waals surface area contributed by atoms with E-state index in [1.54, 1.807) is 12.1 Å². The van der Waals surface area contributed by atoms with Crippen LogP contribution in [0.25, 0.3) is 16.8 Å². The minimum atomic E-state index is -0.450. The Balaban J connectivity index is 1.51. The molecule has 0 aromatic heterocycles. The highest BCUT2D eigenvalue weighted by molar-refractivity contribution is 9.10. The number of benzene rings is 3. The van der Waals surface area contributed by atoms with Crippen LogP contribution >= 0.6 is 15.9 Å². The zero-order chi connectivity index (χ0) is 19.9. The zero-order valence-electron chi connectivity index (χ0n) is 15.2. The van der Waals surface area contributed by atoms with Gasteiger partial charge in [0.15, 0.2) is 6.61 Å². The number of nitrogens with one attached hydrogen (secondary N) is 2. The van der Waals surface area contributed by atoms with Gasteiger partial charge in [0, 0.05) is 10.5 Å². The average molecular weight is 439 g/mol. The molecule has 2 amide bonds. The van der Waals surface area contributed by atoms with Crippen molar-refractivity contribution in [1.29, 1.82) is 0 Å². The summed E-state index contributed by atoms with van der Waals surface area (Å²) in [6, 6.07) is 19.3. The molecule has 0 fully saturated rings. The number of ether oxygens (including phenoxy) is 1. The Morgan fingerprint density at radius 2 is 1.82 bits per heavy atom. The van der Waals surface area contributed by atoms with Gasteiger partial charge in [0.25, 0.3) is 11.8 Å². The van der Waals surface area contributed by atoms with Crippen LogP contribution in [0.1, 0.15) is 11.1 Å². The summed E-state index contributed by atoms with van der Waals surface area (Å²) >= 11 is 3.37. The molecule has 0 saturated heterocycles. The van der Waals surface area contributed by atoms with Gasteiger partial charge in [-0.05, 0) is 53.1 Å². The van der Waals surface area contributed by atoms with Crippen molar-refractivity contribution >= 4 is 44.6 Å². The predicted octanol–water partition coefficient (Wildman–Crippen LogP) is 4.15. The van der Waals surface area contributed by atoms with E-state index < -0.39 is 11.8 Å². The van der Waals surface area contributed by atoms with Crippen LogP contribution in [0.5, 0.6) is 5.75 Å². The van der Waals surface area contributed by atoms with Gasteiger partial charge in [-0.15, -0.1) is 0 Å². The third-order valence-corrected chi connectivity index (χ3v) is 4.55. The van der Waals surface area contributed by atoms with E-state index in [0.717, 1.165) is 26.4 Å². The molecule has 0 aliphatic carbocycles. The molecule has 0 aliphatic heterocycles. The minimum absolute atomic E-state index is 0.199. The van der Waals surface area contributed by atoms with Gasteiger partial charge in [0.2, 0.25) is 0 Å². The lowest BCUT2D eigenvalue weighted by Gasteiger charge is -2.10. The number of carbonyl (C=O) groups is 2. The molecule has 0 heterocycles. The number of hydrogen-bond acceptors (Lipinski definition) is 3. The van der Waals surface area contributed by atoms with Crippen molar-refractivity contribution in [1.82, 2.24) is 10.9 Å². The first-order valence-corrected chi connectivity index (χ1v) is 9.46. The molecule has 0 saturated carbocycles. The van der Waals surface area contributed by atoms with Gasteiger partial charge in [-0.25, -0.2) is 0 Å². The SMILES string of the molecule is Cc1cc(Br)ccc1OCC(=O)NNC(=O)/C=C/c1cccc2ccccc12. The fourth-order valence-corrected chi connectivity index (χ4v) is 3.16. The van der Waals surface area contributed by atoms with Crippen LogP contribution in [0.3, 0.4) is 0 Å². The van der Waals surface area contributed by atoms with Crippen molar-refractivity contribution in [3.05, 3.63) is 82.3 Å². The van der Waals surface area contributed by atoms with Gasteiger partial charge in [-0.3, -0.25) is 20.4 Å². The maximum absolute atomic E-state index is 12.0. The normalized spacial score (nSPS) is 10.8. The zero-order valence-corrected chi connectivity index (χ0v) is 16.8. The van der Waals surface area contributed by atoms with Crippen LogP contribution in [0.4, 0.5) is 0 Å². The topological polar surface area (TPSA) is 67.4 Å². The highest BCUT2D eigenvalue weighted by Crippen LogP contribution is 2.22. The number of carbonyl (C=O) groups excluding carboxylic acids is 2. The largest absolute Gasteiger partial charge is 0.483 e. The first-order chi connectivity index (χ1) is 13.5. The van der Waals surface area contributed by atoms with Gasteiger partial charge in [0.05, 0.1) is 0 Å². The summed E-state index contributed by atoms with van der Waals surface area (Å²) in [5.74, 6) is -0.268. The Kier molecular flexibility index (Phi) is 6.45. The molecular formula is C22H19BrN2O3. The van der Waals surface area contributed by atoms with Gasteiger partial charge in [0.1, 0.15) is 5.75 Å². The first-order valence-electron chi connectivity index (χ1n) is 8.66. The number of hydrazine groups is 1. The molecule has 0 spiro atoms. The van der Waals surface area contributed by atoms with Crippen LogP contribution in [0.15, 0.2) is 71.2 Å². The molecule has 3 rings (SSSR count). The van der Waals surface area contributed by atoms with E-state index in [0.29, 0.717) is 5.75 Å². The molecule has 0 atom stereocenters. The van der Waals surface area contributed by atoms with E-state index in [9.17, 15) is 9.59 Å². The second-order valence-electron chi connectivity index (χ2n) is 6.14. The summed E-state index contributed by atoms with van der Waals surface area (Å²) in [7, 11) is 0. The van der Waals surface area contributed by atoms with Gasteiger partial charge < -0.3 is 4.74 Å². The Bertz CT molecular complexity index is 1040. The highest BCUT2D eigenvalue weighted by Gasteiger charge is 2.06. The van der Waals surface area contributed by atoms with E-state index in [2.05, 4.69) is 26.8 Å². The summed E-state index contributed by atoms with van der Waals surface area (Å²) in [6.45, 7) is 1.69. The summed E-state index contributed by atoms with van der Waals surface area (Å²) in [6.07, 6.45) is 3.09. The Morgan fingerprint density at radius 3 is 2.64 bits per heavy atom. The van der Waals surface area contributed by atoms with Crippen molar-refractivity contribution < 1.29 is 14.3 Å². The molecule has 3 aromatic carbocycles. The smallest absolute Gasteiger partial charge is 0.276 e. The van der Waals surface area contributed by atoms with Gasteiger partial charge in [-0.2, -0.15) is 0 Å². The molecule has 0 unspecified atom stereocenters. The third kappa shape index (κ3) is 5.20. The molecule has 142 valence electrons.